The number of nitrogens with zero attached hydrogens (tertiary/aromatic N) is 2. The molecule has 0 fully saturated rings. The molecule has 0 spiro atoms. The van der Waals surface area contributed by atoms with Crippen LogP contribution in [0.2, 0.25) is 0 Å². The molecule has 1 aromatic heterocycles. The lowest BCUT2D eigenvalue weighted by Gasteiger charge is -2.18. The van der Waals surface area contributed by atoms with Crippen molar-refractivity contribution in [3.05, 3.63) is 17.0 Å². The monoisotopic (exact) mass is 279 g/mol. The lowest BCUT2D eigenvalue weighted by molar-refractivity contribution is 0.441. The highest BCUT2D eigenvalue weighted by molar-refractivity contribution is 5.24. The third-order valence-corrected chi connectivity index (χ3v) is 4.30. The molecule has 0 saturated heterocycles. The zero-order valence-electron chi connectivity index (χ0n) is 14.1. The van der Waals surface area contributed by atoms with Gasteiger partial charge in [0.25, 0.3) is 0 Å². The van der Waals surface area contributed by atoms with Crippen molar-refractivity contribution in [2.75, 3.05) is 6.54 Å². The average molecular weight is 279 g/mol. The summed E-state index contributed by atoms with van der Waals surface area (Å²) in [5.41, 5.74) is 3.97. The van der Waals surface area contributed by atoms with E-state index in [4.69, 9.17) is 0 Å². The molecule has 3 heteroatoms. The second-order valence-electron chi connectivity index (χ2n) is 5.92. The molecule has 0 saturated carbocycles. The quantitative estimate of drug-likeness (QED) is 0.658. The maximum absolute atomic E-state index is 4.52. The predicted octanol–water partition coefficient (Wildman–Crippen LogP) is 3.92. The molecule has 0 aliphatic heterocycles. The van der Waals surface area contributed by atoms with Crippen LogP contribution in [0.5, 0.6) is 0 Å². The Morgan fingerprint density at radius 1 is 1.10 bits per heavy atom. The summed E-state index contributed by atoms with van der Waals surface area (Å²) < 4.78 is 2.01. The molecule has 1 heterocycles. The molecule has 3 nitrogen and oxygen atoms in total. The Bertz CT molecular complexity index is 382. The Hall–Kier alpha value is -0.830. The van der Waals surface area contributed by atoms with E-state index < -0.39 is 0 Å². The first-order valence-electron chi connectivity index (χ1n) is 8.32. The first-order chi connectivity index (χ1) is 9.60. The van der Waals surface area contributed by atoms with E-state index in [0.29, 0.717) is 6.04 Å². The van der Waals surface area contributed by atoms with Crippen molar-refractivity contribution in [1.82, 2.24) is 15.1 Å². The number of aromatic nitrogens is 2. The summed E-state index contributed by atoms with van der Waals surface area (Å²) in [6, 6.07) is 0.663. The van der Waals surface area contributed by atoms with Crippen LogP contribution in [-0.4, -0.2) is 22.4 Å². The summed E-state index contributed by atoms with van der Waals surface area (Å²) in [4.78, 5) is 0. The fourth-order valence-corrected chi connectivity index (χ4v) is 2.95. The van der Waals surface area contributed by atoms with Crippen LogP contribution in [0.4, 0.5) is 0 Å². The van der Waals surface area contributed by atoms with Crippen molar-refractivity contribution in [3.63, 3.8) is 0 Å². The van der Waals surface area contributed by atoms with E-state index in [0.717, 1.165) is 13.0 Å². The van der Waals surface area contributed by atoms with Crippen LogP contribution in [0.25, 0.3) is 0 Å². The molecule has 0 amide bonds. The second-order valence-corrected chi connectivity index (χ2v) is 5.92. The van der Waals surface area contributed by atoms with Crippen molar-refractivity contribution in [3.8, 4) is 0 Å². The lowest BCUT2D eigenvalue weighted by Crippen LogP contribution is -2.29. The Morgan fingerprint density at radius 3 is 2.40 bits per heavy atom. The molecule has 1 N–H and O–H groups in total. The van der Waals surface area contributed by atoms with Crippen LogP contribution in [-0.2, 0) is 13.5 Å². The molecule has 1 unspecified atom stereocenters. The van der Waals surface area contributed by atoms with Crippen LogP contribution in [0.3, 0.4) is 0 Å². The van der Waals surface area contributed by atoms with Gasteiger partial charge in [-0.1, -0.05) is 39.5 Å². The minimum absolute atomic E-state index is 0.663. The molecule has 0 aliphatic rings. The molecule has 0 aromatic carbocycles. The van der Waals surface area contributed by atoms with Gasteiger partial charge in [-0.15, -0.1) is 0 Å². The van der Waals surface area contributed by atoms with E-state index in [-0.39, 0.29) is 0 Å². The molecule has 0 aliphatic carbocycles. The Balaban J connectivity index is 2.45. The third-order valence-electron chi connectivity index (χ3n) is 4.30. The van der Waals surface area contributed by atoms with E-state index in [1.54, 1.807) is 0 Å². The summed E-state index contributed by atoms with van der Waals surface area (Å²) in [7, 11) is 2.04. The van der Waals surface area contributed by atoms with Crippen LogP contribution >= 0.6 is 0 Å². The summed E-state index contributed by atoms with van der Waals surface area (Å²) in [5, 5.41) is 8.17. The van der Waals surface area contributed by atoms with E-state index in [1.165, 1.54) is 55.5 Å². The fourth-order valence-electron chi connectivity index (χ4n) is 2.95. The van der Waals surface area contributed by atoms with Crippen LogP contribution in [0.1, 0.15) is 69.3 Å². The zero-order valence-corrected chi connectivity index (χ0v) is 14.1. The van der Waals surface area contributed by atoms with Crippen molar-refractivity contribution in [2.45, 2.75) is 78.7 Å². The number of aryl methyl sites for hydroxylation is 2. The van der Waals surface area contributed by atoms with Crippen molar-refractivity contribution >= 4 is 0 Å². The Labute approximate surface area is 125 Å². The predicted molar refractivity (Wildman–Crippen MR) is 87.2 cm³/mol. The first-order valence-corrected chi connectivity index (χ1v) is 8.32. The van der Waals surface area contributed by atoms with Gasteiger partial charge < -0.3 is 5.32 Å². The smallest absolute Gasteiger partial charge is 0.0628 e. The number of rotatable bonds is 10. The van der Waals surface area contributed by atoms with Gasteiger partial charge in [0, 0.05) is 18.8 Å². The Morgan fingerprint density at radius 2 is 1.85 bits per heavy atom. The topological polar surface area (TPSA) is 29.9 Å². The highest BCUT2D eigenvalue weighted by atomic mass is 15.3. The number of hydrogen-bond acceptors (Lipinski definition) is 2. The molecule has 0 radical (unpaired) electrons. The molecular formula is C17H33N3. The Kier molecular flexibility index (Phi) is 7.90. The van der Waals surface area contributed by atoms with E-state index in [9.17, 15) is 0 Å². The summed E-state index contributed by atoms with van der Waals surface area (Å²) in [6.45, 7) is 9.86. The maximum atomic E-state index is 4.52. The van der Waals surface area contributed by atoms with E-state index in [1.807, 2.05) is 11.7 Å². The molecule has 116 valence electrons. The van der Waals surface area contributed by atoms with Crippen LogP contribution in [0.15, 0.2) is 0 Å². The van der Waals surface area contributed by atoms with Crippen molar-refractivity contribution in [2.24, 2.45) is 7.05 Å². The molecule has 20 heavy (non-hydrogen) atoms. The highest BCUT2D eigenvalue weighted by Crippen LogP contribution is 2.17. The number of unbranched alkanes of at least 4 members (excludes halogenated alkanes) is 3. The number of nitrogens with one attached hydrogen (secondary N) is 1. The van der Waals surface area contributed by atoms with Gasteiger partial charge in [-0.05, 0) is 45.2 Å². The van der Waals surface area contributed by atoms with Gasteiger partial charge in [0.05, 0.1) is 5.69 Å². The molecule has 1 rings (SSSR count). The van der Waals surface area contributed by atoms with Gasteiger partial charge in [0.1, 0.15) is 0 Å². The van der Waals surface area contributed by atoms with Gasteiger partial charge in [-0.2, -0.15) is 5.10 Å². The highest BCUT2D eigenvalue weighted by Gasteiger charge is 2.12. The van der Waals surface area contributed by atoms with Gasteiger partial charge in [0.15, 0.2) is 0 Å². The van der Waals surface area contributed by atoms with Crippen LogP contribution in [0, 0.1) is 13.8 Å². The lowest BCUT2D eigenvalue weighted by atomic mass is 9.99. The van der Waals surface area contributed by atoms with Gasteiger partial charge in [-0.3, -0.25) is 4.68 Å². The molecular weight excluding hydrogens is 246 g/mol. The van der Waals surface area contributed by atoms with Gasteiger partial charge in [-0.25, -0.2) is 0 Å². The standard InChI is InChI=1S/C17H33N3/c1-6-8-9-10-11-16(18-7-2)12-13-17-14(3)19-20(5)15(17)4/h16,18H,6-13H2,1-5H3. The average Bonchev–Trinajstić information content (AvgIpc) is 2.66. The maximum Gasteiger partial charge on any atom is 0.0628 e. The molecule has 1 atom stereocenters. The minimum Gasteiger partial charge on any atom is -0.314 e. The zero-order chi connectivity index (χ0) is 15.0. The summed E-state index contributed by atoms with van der Waals surface area (Å²) in [5.74, 6) is 0. The third kappa shape index (κ3) is 5.28. The van der Waals surface area contributed by atoms with Gasteiger partial charge in [0.2, 0.25) is 0 Å². The first kappa shape index (κ1) is 17.2. The SMILES string of the molecule is CCCCCCC(CCc1c(C)nn(C)c1C)NCC. The van der Waals surface area contributed by atoms with Crippen molar-refractivity contribution < 1.29 is 0 Å². The van der Waals surface area contributed by atoms with Crippen molar-refractivity contribution in [1.29, 1.82) is 0 Å². The summed E-state index contributed by atoms with van der Waals surface area (Å²) >= 11 is 0. The summed E-state index contributed by atoms with van der Waals surface area (Å²) in [6.07, 6.45) is 9.12. The van der Waals surface area contributed by atoms with E-state index >= 15 is 0 Å². The van der Waals surface area contributed by atoms with E-state index in [2.05, 4.69) is 38.1 Å². The van der Waals surface area contributed by atoms with Crippen LogP contribution < -0.4 is 5.32 Å². The largest absolute Gasteiger partial charge is 0.314 e. The fraction of sp³-hybridized carbons (Fsp3) is 0.824. The minimum atomic E-state index is 0.663. The molecule has 0 bridgehead atoms. The normalized spacial score (nSPS) is 12.8. The number of hydrogen-bond donors (Lipinski definition) is 1. The molecule has 1 aromatic rings. The van der Waals surface area contributed by atoms with Gasteiger partial charge >= 0.3 is 0 Å². The second kappa shape index (κ2) is 9.17.